The van der Waals surface area contributed by atoms with Gasteiger partial charge in [0.25, 0.3) is 0 Å². The first-order valence-electron chi connectivity index (χ1n) is 4.86. The Kier molecular flexibility index (Phi) is 6.55. The third-order valence-electron chi connectivity index (χ3n) is 1.86. The highest BCUT2D eigenvalue weighted by Crippen LogP contribution is 2.16. The number of halogens is 3. The van der Waals surface area contributed by atoms with Crippen molar-refractivity contribution in [3.63, 3.8) is 0 Å². The molecule has 0 bridgehead atoms. The predicted octanol–water partition coefficient (Wildman–Crippen LogP) is 0.160. The van der Waals surface area contributed by atoms with Crippen LogP contribution in [0.15, 0.2) is 0 Å². The van der Waals surface area contributed by atoms with Gasteiger partial charge in [-0.1, -0.05) is 0 Å². The first kappa shape index (κ1) is 15.7. The molecule has 0 heterocycles. The summed E-state index contributed by atoms with van der Waals surface area (Å²) in [5.41, 5.74) is 0. The van der Waals surface area contributed by atoms with Crippen LogP contribution in [0.5, 0.6) is 0 Å². The lowest BCUT2D eigenvalue weighted by Crippen LogP contribution is -2.43. The van der Waals surface area contributed by atoms with Crippen molar-refractivity contribution in [2.45, 2.75) is 12.6 Å². The van der Waals surface area contributed by atoms with E-state index in [4.69, 9.17) is 0 Å². The molecule has 17 heavy (non-hydrogen) atoms. The van der Waals surface area contributed by atoms with Gasteiger partial charge in [-0.3, -0.25) is 9.59 Å². The highest BCUT2D eigenvalue weighted by molar-refractivity contribution is 5.79. The van der Waals surface area contributed by atoms with Crippen molar-refractivity contribution in [2.24, 2.45) is 0 Å². The van der Waals surface area contributed by atoms with Crippen molar-refractivity contribution in [2.75, 3.05) is 33.8 Å². The van der Waals surface area contributed by atoms with E-state index in [9.17, 15) is 22.8 Å². The smallest absolute Gasteiger partial charge is 0.406 e. The van der Waals surface area contributed by atoms with Crippen LogP contribution in [0.25, 0.3) is 0 Å². The van der Waals surface area contributed by atoms with E-state index in [1.54, 1.807) is 0 Å². The number of carbonyl (C=O) groups excluding carboxylic acids is 2. The van der Waals surface area contributed by atoms with Gasteiger partial charge in [-0.2, -0.15) is 13.2 Å². The van der Waals surface area contributed by atoms with Crippen molar-refractivity contribution in [3.8, 4) is 0 Å². The van der Waals surface area contributed by atoms with E-state index in [1.807, 2.05) is 0 Å². The van der Waals surface area contributed by atoms with Crippen molar-refractivity contribution < 1.29 is 27.5 Å². The lowest BCUT2D eigenvalue weighted by atomic mass is 10.3. The zero-order valence-corrected chi connectivity index (χ0v) is 9.63. The van der Waals surface area contributed by atoms with Crippen LogP contribution in [-0.4, -0.2) is 56.7 Å². The highest BCUT2D eigenvalue weighted by Gasteiger charge is 2.32. The number of hydrogen-bond donors (Lipinski definition) is 1. The normalized spacial score (nSPS) is 11.1. The molecule has 0 aliphatic rings. The van der Waals surface area contributed by atoms with Gasteiger partial charge in [-0.25, -0.2) is 0 Å². The second-order valence-corrected chi connectivity index (χ2v) is 3.29. The van der Waals surface area contributed by atoms with Crippen molar-refractivity contribution in [1.82, 2.24) is 10.2 Å². The van der Waals surface area contributed by atoms with Crippen LogP contribution in [0.4, 0.5) is 13.2 Å². The third-order valence-corrected chi connectivity index (χ3v) is 1.86. The summed E-state index contributed by atoms with van der Waals surface area (Å²) in [4.78, 5) is 22.7. The second-order valence-electron chi connectivity index (χ2n) is 3.29. The average molecular weight is 256 g/mol. The van der Waals surface area contributed by atoms with Crippen LogP contribution < -0.4 is 5.32 Å². The number of nitrogens with one attached hydrogen (secondary N) is 1. The standard InChI is InChI=1S/C9H15F3N2O3/c1-13-5-7(15)14(6-9(10,11)12)4-3-8(16)17-2/h13H,3-6H2,1-2H3. The number of alkyl halides is 3. The number of nitrogens with zero attached hydrogens (tertiary/aromatic N) is 1. The molecule has 100 valence electrons. The van der Waals surface area contributed by atoms with E-state index >= 15 is 0 Å². The number of amides is 1. The Morgan fingerprint density at radius 1 is 1.35 bits per heavy atom. The van der Waals surface area contributed by atoms with E-state index in [1.165, 1.54) is 7.05 Å². The molecule has 8 heteroatoms. The summed E-state index contributed by atoms with van der Waals surface area (Å²) in [5, 5.41) is 2.46. The number of rotatable bonds is 6. The lowest BCUT2D eigenvalue weighted by molar-refractivity contribution is -0.162. The van der Waals surface area contributed by atoms with Gasteiger partial charge in [0, 0.05) is 6.54 Å². The van der Waals surface area contributed by atoms with E-state index in [2.05, 4.69) is 10.1 Å². The Bertz CT molecular complexity index is 269. The molecule has 0 atom stereocenters. The molecular formula is C9H15F3N2O3. The van der Waals surface area contributed by atoms with Crippen LogP contribution >= 0.6 is 0 Å². The molecule has 0 radical (unpaired) electrons. The van der Waals surface area contributed by atoms with Crippen LogP contribution in [0.3, 0.4) is 0 Å². The minimum Gasteiger partial charge on any atom is -0.469 e. The quantitative estimate of drug-likeness (QED) is 0.688. The zero-order chi connectivity index (χ0) is 13.5. The molecule has 0 saturated carbocycles. The summed E-state index contributed by atoms with van der Waals surface area (Å²) >= 11 is 0. The molecule has 0 aromatic carbocycles. The van der Waals surface area contributed by atoms with Crippen molar-refractivity contribution in [3.05, 3.63) is 0 Å². The molecule has 1 amide bonds. The van der Waals surface area contributed by atoms with Gasteiger partial charge in [0.1, 0.15) is 6.54 Å². The van der Waals surface area contributed by atoms with Crippen LogP contribution in [0, 0.1) is 0 Å². The fourth-order valence-corrected chi connectivity index (χ4v) is 1.10. The highest BCUT2D eigenvalue weighted by atomic mass is 19.4. The average Bonchev–Trinajstić information content (AvgIpc) is 2.22. The fourth-order valence-electron chi connectivity index (χ4n) is 1.10. The maximum absolute atomic E-state index is 12.2. The number of methoxy groups -OCH3 is 1. The van der Waals surface area contributed by atoms with Crippen LogP contribution in [0.1, 0.15) is 6.42 Å². The molecule has 0 rings (SSSR count). The van der Waals surface area contributed by atoms with Gasteiger partial charge in [0.15, 0.2) is 0 Å². The van der Waals surface area contributed by atoms with E-state index in [-0.39, 0.29) is 19.5 Å². The van der Waals surface area contributed by atoms with Crippen molar-refractivity contribution >= 4 is 11.9 Å². The Morgan fingerprint density at radius 3 is 2.35 bits per heavy atom. The summed E-state index contributed by atoms with van der Waals surface area (Å²) in [5.74, 6) is -1.37. The third kappa shape index (κ3) is 7.56. The molecule has 0 aromatic rings. The summed E-state index contributed by atoms with van der Waals surface area (Å²) in [6.07, 6.45) is -4.75. The topological polar surface area (TPSA) is 58.6 Å². The Morgan fingerprint density at radius 2 is 1.94 bits per heavy atom. The molecule has 0 spiro atoms. The Balaban J connectivity index is 4.40. The molecule has 0 saturated heterocycles. The first-order valence-corrected chi connectivity index (χ1v) is 4.86. The molecule has 0 unspecified atom stereocenters. The molecule has 1 N–H and O–H groups in total. The van der Waals surface area contributed by atoms with E-state index in [0.717, 1.165) is 7.11 Å². The first-order chi connectivity index (χ1) is 7.80. The molecule has 0 aliphatic heterocycles. The van der Waals surface area contributed by atoms with Gasteiger partial charge in [0.05, 0.1) is 20.1 Å². The Labute approximate surface area is 96.9 Å². The zero-order valence-electron chi connectivity index (χ0n) is 9.63. The number of ether oxygens (including phenoxy) is 1. The van der Waals surface area contributed by atoms with Gasteiger partial charge in [-0.15, -0.1) is 0 Å². The molecule has 5 nitrogen and oxygen atoms in total. The number of carbonyl (C=O) groups is 2. The number of esters is 1. The van der Waals surface area contributed by atoms with Gasteiger partial charge >= 0.3 is 12.1 Å². The maximum Gasteiger partial charge on any atom is 0.406 e. The van der Waals surface area contributed by atoms with Gasteiger partial charge < -0.3 is 15.0 Å². The second kappa shape index (κ2) is 7.10. The van der Waals surface area contributed by atoms with Gasteiger partial charge in [-0.05, 0) is 7.05 Å². The van der Waals surface area contributed by atoms with Gasteiger partial charge in [0.2, 0.25) is 5.91 Å². The summed E-state index contributed by atoms with van der Waals surface area (Å²) in [6.45, 7) is -1.89. The summed E-state index contributed by atoms with van der Waals surface area (Å²) in [7, 11) is 2.58. The number of hydrogen-bond acceptors (Lipinski definition) is 4. The van der Waals surface area contributed by atoms with E-state index in [0.29, 0.717) is 4.90 Å². The van der Waals surface area contributed by atoms with Crippen molar-refractivity contribution in [1.29, 1.82) is 0 Å². The minimum atomic E-state index is -4.49. The molecule has 0 aliphatic carbocycles. The lowest BCUT2D eigenvalue weighted by Gasteiger charge is -2.23. The monoisotopic (exact) mass is 256 g/mol. The summed E-state index contributed by atoms with van der Waals surface area (Å²) in [6, 6.07) is 0. The molecular weight excluding hydrogens is 241 g/mol. The SMILES string of the molecule is CNCC(=O)N(CCC(=O)OC)CC(F)(F)F. The predicted molar refractivity (Wildman–Crippen MR) is 53.2 cm³/mol. The number of likely N-dealkylation sites (N-methyl/N-ethyl adjacent to an activating group) is 1. The van der Waals surface area contributed by atoms with Crippen LogP contribution in [0.2, 0.25) is 0 Å². The summed E-state index contributed by atoms with van der Waals surface area (Å²) < 4.78 is 40.8. The minimum absolute atomic E-state index is 0.211. The largest absolute Gasteiger partial charge is 0.469 e. The molecule has 0 aromatic heterocycles. The Hall–Kier alpha value is -1.31. The van der Waals surface area contributed by atoms with Crippen LogP contribution in [-0.2, 0) is 14.3 Å². The maximum atomic E-state index is 12.2. The fraction of sp³-hybridized carbons (Fsp3) is 0.778. The molecule has 0 fully saturated rings. The van der Waals surface area contributed by atoms with E-state index < -0.39 is 24.6 Å².